The molecule has 0 saturated heterocycles. The molecule has 2 aromatic carbocycles. The monoisotopic (exact) mass is 374 g/mol. The van der Waals surface area contributed by atoms with Crippen LogP contribution >= 0.6 is 0 Å². The lowest BCUT2D eigenvalue weighted by atomic mass is 9.84. The molecular weight excluding hydrogens is 351 g/mol. The summed E-state index contributed by atoms with van der Waals surface area (Å²) >= 11 is 0. The average Bonchev–Trinajstić information content (AvgIpc) is 2.88. The quantitative estimate of drug-likeness (QED) is 0.671. The van der Waals surface area contributed by atoms with Crippen LogP contribution in [0.15, 0.2) is 54.9 Å². The second-order valence-electron chi connectivity index (χ2n) is 7.32. The van der Waals surface area contributed by atoms with Crippen LogP contribution in [0, 0.1) is 0 Å². The minimum atomic E-state index is -0.796. The van der Waals surface area contributed by atoms with Crippen molar-refractivity contribution in [2.75, 3.05) is 6.54 Å². The number of carbonyl (C=O) groups is 1. The molecule has 28 heavy (non-hydrogen) atoms. The van der Waals surface area contributed by atoms with E-state index in [0.717, 1.165) is 40.3 Å². The van der Waals surface area contributed by atoms with E-state index in [-0.39, 0.29) is 12.3 Å². The highest BCUT2D eigenvalue weighted by Gasteiger charge is 2.24. The molecule has 0 bridgehead atoms. The van der Waals surface area contributed by atoms with E-state index in [9.17, 15) is 9.82 Å². The Hall–Kier alpha value is -2.70. The van der Waals surface area contributed by atoms with Crippen LogP contribution in [0.3, 0.4) is 0 Å². The Morgan fingerprint density at radius 3 is 2.96 bits per heavy atom. The van der Waals surface area contributed by atoms with Crippen LogP contribution in [0.25, 0.3) is 10.8 Å². The van der Waals surface area contributed by atoms with Crippen LogP contribution in [0.5, 0.6) is 5.75 Å². The topological polar surface area (TPSA) is 85.4 Å². The molecule has 6 heteroatoms. The van der Waals surface area contributed by atoms with Crippen LogP contribution in [-0.2, 0) is 17.6 Å². The van der Waals surface area contributed by atoms with Gasteiger partial charge in [-0.1, -0.05) is 30.3 Å². The lowest BCUT2D eigenvalue weighted by molar-refractivity contribution is -0.119. The number of benzene rings is 2. The third-order valence-corrected chi connectivity index (χ3v) is 5.36. The zero-order valence-corrected chi connectivity index (χ0v) is 15.7. The first-order valence-electron chi connectivity index (χ1n) is 9.67. The van der Waals surface area contributed by atoms with Gasteiger partial charge in [-0.15, -0.1) is 0 Å². The number of aryl methyl sites for hydroxylation is 1. The molecule has 142 valence electrons. The SMILES string of the molecule is NCC(C(=O)Cc1ccc2cnccc2c1)c1ccc2c(c1)OB(O)CCC2. The van der Waals surface area contributed by atoms with E-state index in [1.807, 2.05) is 48.7 Å². The minimum absolute atomic E-state index is 0.0741. The number of nitrogens with zero attached hydrogens (tertiary/aromatic N) is 1. The number of aromatic nitrogens is 1. The van der Waals surface area contributed by atoms with E-state index in [2.05, 4.69) is 4.98 Å². The summed E-state index contributed by atoms with van der Waals surface area (Å²) in [5.41, 5.74) is 8.83. The number of hydrogen-bond donors (Lipinski definition) is 2. The van der Waals surface area contributed by atoms with Crippen molar-refractivity contribution in [1.29, 1.82) is 0 Å². The van der Waals surface area contributed by atoms with Crippen molar-refractivity contribution in [2.24, 2.45) is 5.73 Å². The summed E-state index contributed by atoms with van der Waals surface area (Å²) in [5, 5.41) is 12.0. The Morgan fingerprint density at radius 1 is 1.21 bits per heavy atom. The van der Waals surface area contributed by atoms with Gasteiger partial charge in [-0.05, 0) is 53.4 Å². The largest absolute Gasteiger partial charge is 0.536 e. The van der Waals surface area contributed by atoms with Crippen LogP contribution in [0.4, 0.5) is 0 Å². The van der Waals surface area contributed by atoms with E-state index in [4.69, 9.17) is 10.4 Å². The maximum Gasteiger partial charge on any atom is 0.522 e. The van der Waals surface area contributed by atoms with Crippen molar-refractivity contribution in [2.45, 2.75) is 31.5 Å². The molecule has 1 aromatic heterocycles. The number of hydrogen-bond acceptors (Lipinski definition) is 5. The van der Waals surface area contributed by atoms with Gasteiger partial charge in [0.1, 0.15) is 11.5 Å². The van der Waals surface area contributed by atoms with E-state index < -0.39 is 13.0 Å². The molecule has 3 aromatic rings. The fourth-order valence-electron chi connectivity index (χ4n) is 3.80. The summed E-state index contributed by atoms with van der Waals surface area (Å²) in [6.45, 7) is 0.234. The molecule has 0 radical (unpaired) electrons. The summed E-state index contributed by atoms with van der Waals surface area (Å²) in [6, 6.07) is 13.7. The Balaban J connectivity index is 1.56. The van der Waals surface area contributed by atoms with E-state index >= 15 is 0 Å². The maximum absolute atomic E-state index is 13.0. The number of carbonyl (C=O) groups excluding carboxylic acids is 1. The molecule has 4 rings (SSSR count). The van der Waals surface area contributed by atoms with Gasteiger partial charge in [0.25, 0.3) is 0 Å². The van der Waals surface area contributed by atoms with Crippen LogP contribution in [0.2, 0.25) is 6.32 Å². The highest BCUT2D eigenvalue weighted by molar-refractivity contribution is 6.43. The molecule has 1 unspecified atom stereocenters. The van der Waals surface area contributed by atoms with Gasteiger partial charge < -0.3 is 15.4 Å². The zero-order valence-electron chi connectivity index (χ0n) is 15.7. The predicted octanol–water partition coefficient (Wildman–Crippen LogP) is 2.89. The highest BCUT2D eigenvalue weighted by Crippen LogP contribution is 2.30. The van der Waals surface area contributed by atoms with Gasteiger partial charge in [-0.25, -0.2) is 0 Å². The molecule has 0 amide bonds. The first-order chi connectivity index (χ1) is 13.6. The zero-order chi connectivity index (χ0) is 19.5. The molecule has 1 aliphatic heterocycles. The third kappa shape index (κ3) is 3.93. The molecule has 0 saturated carbocycles. The standard InChI is InChI=1S/C22H23BN2O3/c24-13-20(18-6-5-16-2-1-8-23(27)28-22(16)12-18)21(26)11-15-3-4-19-14-25-9-7-17(19)10-15/h3-7,9-10,12,14,20,27H,1-2,8,11,13,24H2. The van der Waals surface area contributed by atoms with Crippen molar-refractivity contribution in [1.82, 2.24) is 4.98 Å². The van der Waals surface area contributed by atoms with Crippen molar-refractivity contribution in [3.05, 3.63) is 71.5 Å². The van der Waals surface area contributed by atoms with E-state index in [0.29, 0.717) is 18.5 Å². The smallest absolute Gasteiger partial charge is 0.522 e. The van der Waals surface area contributed by atoms with Crippen LogP contribution in [0.1, 0.15) is 29.0 Å². The molecule has 1 aliphatic rings. The summed E-state index contributed by atoms with van der Waals surface area (Å²) in [4.78, 5) is 17.1. The van der Waals surface area contributed by atoms with Gasteiger partial charge in [0.05, 0.1) is 5.92 Å². The molecule has 0 aliphatic carbocycles. The second-order valence-corrected chi connectivity index (χ2v) is 7.32. The highest BCUT2D eigenvalue weighted by atomic mass is 16.5. The summed E-state index contributed by atoms with van der Waals surface area (Å²) in [5.74, 6) is 0.333. The van der Waals surface area contributed by atoms with Gasteiger partial charge in [-0.3, -0.25) is 9.78 Å². The molecule has 5 nitrogen and oxygen atoms in total. The van der Waals surface area contributed by atoms with E-state index in [1.54, 1.807) is 6.20 Å². The first-order valence-corrected chi connectivity index (χ1v) is 9.67. The summed E-state index contributed by atoms with van der Waals surface area (Å²) in [6.07, 6.45) is 6.24. The summed E-state index contributed by atoms with van der Waals surface area (Å²) < 4.78 is 5.64. The predicted molar refractivity (Wildman–Crippen MR) is 110 cm³/mol. The maximum atomic E-state index is 13.0. The fourth-order valence-corrected chi connectivity index (χ4v) is 3.80. The van der Waals surface area contributed by atoms with Crippen molar-refractivity contribution >= 4 is 23.7 Å². The van der Waals surface area contributed by atoms with Gasteiger partial charge in [0, 0.05) is 30.7 Å². The lowest BCUT2D eigenvalue weighted by Crippen LogP contribution is -2.24. The molecule has 3 N–H and O–H groups in total. The number of nitrogens with two attached hydrogens (primary N) is 1. The lowest BCUT2D eigenvalue weighted by Gasteiger charge is -2.17. The molecule has 0 spiro atoms. The molecule has 1 atom stereocenters. The molecular formula is C22H23BN2O3. The second kappa shape index (κ2) is 8.13. The normalized spacial score (nSPS) is 14.9. The van der Waals surface area contributed by atoms with Crippen molar-refractivity contribution in [3.8, 4) is 5.75 Å². The van der Waals surface area contributed by atoms with Gasteiger partial charge in [0.2, 0.25) is 0 Å². The van der Waals surface area contributed by atoms with Crippen molar-refractivity contribution in [3.63, 3.8) is 0 Å². The van der Waals surface area contributed by atoms with Crippen LogP contribution < -0.4 is 10.4 Å². The summed E-state index contributed by atoms with van der Waals surface area (Å²) in [7, 11) is -0.796. The third-order valence-electron chi connectivity index (χ3n) is 5.36. The number of pyridine rings is 1. The molecule has 0 fully saturated rings. The number of ketones is 1. The Morgan fingerprint density at radius 2 is 2.11 bits per heavy atom. The number of fused-ring (bicyclic) bond motifs is 2. The molecule has 2 heterocycles. The number of Topliss-reactive ketones (excluding diaryl/α,β-unsaturated/α-hetero) is 1. The fraction of sp³-hybridized carbons (Fsp3) is 0.273. The van der Waals surface area contributed by atoms with Crippen molar-refractivity contribution < 1.29 is 14.5 Å². The van der Waals surface area contributed by atoms with Crippen LogP contribution in [-0.4, -0.2) is 29.5 Å². The Bertz CT molecular complexity index is 1010. The Kier molecular flexibility index (Phi) is 5.41. The first kappa shape index (κ1) is 18.7. The Labute approximate surface area is 164 Å². The number of rotatable bonds is 5. The van der Waals surface area contributed by atoms with Gasteiger partial charge in [0.15, 0.2) is 0 Å². The minimum Gasteiger partial charge on any atom is -0.536 e. The van der Waals surface area contributed by atoms with E-state index in [1.165, 1.54) is 0 Å². The van der Waals surface area contributed by atoms with Gasteiger partial charge in [-0.2, -0.15) is 0 Å². The average molecular weight is 374 g/mol. The van der Waals surface area contributed by atoms with Gasteiger partial charge >= 0.3 is 7.12 Å².